The van der Waals surface area contributed by atoms with Crippen LogP contribution in [0, 0.1) is 5.92 Å². The highest BCUT2D eigenvalue weighted by Gasteiger charge is 2.08. The summed E-state index contributed by atoms with van der Waals surface area (Å²) in [6.45, 7) is 2.04. The van der Waals surface area contributed by atoms with E-state index in [0.717, 1.165) is 0 Å². The van der Waals surface area contributed by atoms with Gasteiger partial charge in [0.2, 0.25) is 0 Å². The Balaban J connectivity index is 2.28. The van der Waals surface area contributed by atoms with Crippen LogP contribution in [-0.2, 0) is 0 Å². The Kier molecular flexibility index (Phi) is 2.51. The minimum atomic E-state index is 0.179. The number of rotatable bonds is 1. The van der Waals surface area contributed by atoms with Gasteiger partial charge in [0.1, 0.15) is 0 Å². The molecule has 0 heteroatoms. The van der Waals surface area contributed by atoms with E-state index >= 15 is 0 Å². The van der Waals surface area contributed by atoms with Crippen molar-refractivity contribution in [2.75, 3.05) is 0 Å². The molecule has 1 unspecified atom stereocenters. The molecule has 1 saturated carbocycles. The van der Waals surface area contributed by atoms with E-state index in [1.165, 1.54) is 38.5 Å². The molecule has 0 radical (unpaired) electrons. The second kappa shape index (κ2) is 3.92. The van der Waals surface area contributed by atoms with Crippen LogP contribution in [0.5, 0.6) is 0 Å². The lowest BCUT2D eigenvalue weighted by molar-refractivity contribution is 0.446. The first kappa shape index (κ1) is 5.76. The molecule has 1 aliphatic carbocycles. The first-order chi connectivity index (χ1) is 4.80. The summed E-state index contributed by atoms with van der Waals surface area (Å²) in [5.41, 5.74) is 0. The third kappa shape index (κ3) is 2.38. The lowest BCUT2D eigenvalue weighted by Crippen LogP contribution is -1.94. The molecule has 0 saturated heterocycles. The van der Waals surface area contributed by atoms with Crippen molar-refractivity contribution in [3.63, 3.8) is 0 Å². The van der Waals surface area contributed by atoms with Crippen molar-refractivity contribution in [2.45, 2.75) is 51.8 Å². The lowest BCUT2D eigenvalue weighted by atomic mass is 9.98. The molecular weight excluding hydrogens is 108 g/mol. The van der Waals surface area contributed by atoms with Crippen LogP contribution in [0.3, 0.4) is 0 Å². The fourth-order valence-electron chi connectivity index (χ4n) is 1.64. The summed E-state index contributed by atoms with van der Waals surface area (Å²) in [5, 5.41) is 0. The average Bonchev–Trinajstić information content (AvgIpc) is 2.12. The van der Waals surface area contributed by atoms with Gasteiger partial charge in [-0.05, 0) is 5.92 Å². The van der Waals surface area contributed by atoms with E-state index in [9.17, 15) is 0 Å². The second-order valence-electron chi connectivity index (χ2n) is 3.08. The molecule has 0 aromatic carbocycles. The molecule has 0 amide bonds. The van der Waals surface area contributed by atoms with E-state index in [-0.39, 0.29) is 6.40 Å². The van der Waals surface area contributed by atoms with Crippen molar-refractivity contribution in [2.24, 2.45) is 5.92 Å². The fourth-order valence-corrected chi connectivity index (χ4v) is 1.64. The predicted molar refractivity (Wildman–Crippen MR) is 41.5 cm³/mol. The van der Waals surface area contributed by atoms with Gasteiger partial charge in [-0.25, -0.2) is 0 Å². The van der Waals surface area contributed by atoms with Crippen LogP contribution >= 0.6 is 0 Å². The van der Waals surface area contributed by atoms with Crippen LogP contribution in [0.25, 0.3) is 0 Å². The largest absolute Gasteiger partial charge is 0.0651 e. The molecule has 0 aromatic heterocycles. The van der Waals surface area contributed by atoms with Crippen molar-refractivity contribution in [3.8, 4) is 0 Å². The van der Waals surface area contributed by atoms with Gasteiger partial charge in [0, 0.05) is 1.37 Å². The molecule has 0 N–H and O–H groups in total. The van der Waals surface area contributed by atoms with Crippen molar-refractivity contribution < 1.29 is 1.37 Å². The van der Waals surface area contributed by atoms with Crippen LogP contribution in [0.15, 0.2) is 0 Å². The van der Waals surface area contributed by atoms with E-state index in [1.54, 1.807) is 0 Å². The van der Waals surface area contributed by atoms with Crippen LogP contribution in [-0.4, -0.2) is 0 Å². The van der Waals surface area contributed by atoms with Gasteiger partial charge in [0.05, 0.1) is 0 Å². The maximum atomic E-state index is 7.57. The van der Waals surface area contributed by atoms with Gasteiger partial charge in [0.25, 0.3) is 0 Å². The van der Waals surface area contributed by atoms with E-state index < -0.39 is 0 Å². The molecule has 0 spiro atoms. The summed E-state index contributed by atoms with van der Waals surface area (Å²) in [6, 6.07) is 0. The molecule has 0 heterocycles. The molecule has 0 nitrogen and oxygen atoms in total. The van der Waals surface area contributed by atoms with Gasteiger partial charge in [0.15, 0.2) is 0 Å². The highest BCUT2D eigenvalue weighted by atomic mass is 14.1. The maximum Gasteiger partial charge on any atom is 0.0267 e. The van der Waals surface area contributed by atoms with Gasteiger partial charge < -0.3 is 0 Å². The third-order valence-electron chi connectivity index (χ3n) is 2.37. The zero-order valence-corrected chi connectivity index (χ0v) is 6.40. The van der Waals surface area contributed by atoms with Crippen molar-refractivity contribution in [1.29, 1.82) is 0 Å². The Morgan fingerprint density at radius 3 is 2.22 bits per heavy atom. The summed E-state index contributed by atoms with van der Waals surface area (Å²) < 4.78 is 7.57. The quantitative estimate of drug-likeness (QED) is 0.474. The molecular formula is C9H18. The van der Waals surface area contributed by atoms with E-state index in [0.29, 0.717) is 5.92 Å². The summed E-state index contributed by atoms with van der Waals surface area (Å²) in [7, 11) is 0. The van der Waals surface area contributed by atoms with E-state index in [2.05, 4.69) is 0 Å². The Labute approximate surface area is 60.1 Å². The first-order valence-electron chi connectivity index (χ1n) is 4.80. The number of hydrogen-bond donors (Lipinski definition) is 0. The topological polar surface area (TPSA) is 0 Å². The summed E-state index contributed by atoms with van der Waals surface area (Å²) >= 11 is 0. The SMILES string of the molecule is [2H]C(C)C1CCCCCC1. The smallest absolute Gasteiger partial charge is 0.0267 e. The van der Waals surface area contributed by atoms with Gasteiger partial charge in [-0.2, -0.15) is 0 Å². The van der Waals surface area contributed by atoms with E-state index in [1.807, 2.05) is 6.92 Å². The standard InChI is InChI=1S/C9H18/c1-2-9-7-5-3-4-6-8-9/h9H,2-8H2,1H3/i2D. The molecule has 1 fully saturated rings. The highest BCUT2D eigenvalue weighted by molar-refractivity contribution is 4.62. The Bertz CT molecular complexity index is 80.7. The Hall–Kier alpha value is 0. The van der Waals surface area contributed by atoms with Crippen molar-refractivity contribution in [3.05, 3.63) is 0 Å². The van der Waals surface area contributed by atoms with Gasteiger partial charge in [-0.3, -0.25) is 0 Å². The maximum absolute atomic E-state index is 7.57. The molecule has 9 heavy (non-hydrogen) atoms. The Morgan fingerprint density at radius 2 is 1.78 bits per heavy atom. The molecule has 1 atom stereocenters. The Morgan fingerprint density at radius 1 is 1.22 bits per heavy atom. The summed E-state index contributed by atoms with van der Waals surface area (Å²) in [5.74, 6) is 0.711. The van der Waals surface area contributed by atoms with Crippen LogP contribution < -0.4 is 0 Å². The van der Waals surface area contributed by atoms with Crippen molar-refractivity contribution in [1.82, 2.24) is 0 Å². The normalized spacial score (nSPS) is 28.8. The minimum Gasteiger partial charge on any atom is -0.0651 e. The van der Waals surface area contributed by atoms with Crippen LogP contribution in [0.1, 0.15) is 53.2 Å². The molecule has 0 bridgehead atoms. The van der Waals surface area contributed by atoms with E-state index in [4.69, 9.17) is 1.37 Å². The molecule has 1 rings (SSSR count). The molecule has 54 valence electrons. The summed E-state index contributed by atoms with van der Waals surface area (Å²) in [6.07, 6.45) is 8.35. The fraction of sp³-hybridized carbons (Fsp3) is 1.00. The molecule has 1 aliphatic rings. The van der Waals surface area contributed by atoms with Gasteiger partial charge >= 0.3 is 0 Å². The zero-order chi connectivity index (χ0) is 7.40. The van der Waals surface area contributed by atoms with Crippen LogP contribution in [0.2, 0.25) is 0 Å². The second-order valence-corrected chi connectivity index (χ2v) is 3.08. The minimum absolute atomic E-state index is 0.179. The lowest BCUT2D eigenvalue weighted by Gasteiger charge is -2.08. The van der Waals surface area contributed by atoms with Crippen LogP contribution in [0.4, 0.5) is 0 Å². The molecule has 0 aliphatic heterocycles. The molecule has 0 aromatic rings. The van der Waals surface area contributed by atoms with Gasteiger partial charge in [-0.1, -0.05) is 51.8 Å². The van der Waals surface area contributed by atoms with Crippen molar-refractivity contribution >= 4 is 0 Å². The van der Waals surface area contributed by atoms with Gasteiger partial charge in [-0.15, -0.1) is 0 Å². The summed E-state index contributed by atoms with van der Waals surface area (Å²) in [4.78, 5) is 0. The highest BCUT2D eigenvalue weighted by Crippen LogP contribution is 2.24. The zero-order valence-electron chi connectivity index (χ0n) is 7.40. The number of hydrogen-bond acceptors (Lipinski definition) is 0. The predicted octanol–water partition coefficient (Wildman–Crippen LogP) is 3.37. The first-order valence-corrected chi connectivity index (χ1v) is 4.23. The average molecular weight is 127 g/mol. The third-order valence-corrected chi connectivity index (χ3v) is 2.37. The monoisotopic (exact) mass is 127 g/mol.